The van der Waals surface area contributed by atoms with Crippen molar-refractivity contribution in [2.75, 3.05) is 13.2 Å². The van der Waals surface area contributed by atoms with E-state index in [0.717, 1.165) is 58.4 Å². The zero-order valence-corrected chi connectivity index (χ0v) is 17.8. The average Bonchev–Trinajstić information content (AvgIpc) is 3.30. The number of hydrogen-bond donors (Lipinski definition) is 1. The number of benzene rings is 1. The van der Waals surface area contributed by atoms with Crippen molar-refractivity contribution in [3.8, 4) is 17.0 Å². The van der Waals surface area contributed by atoms with Crippen LogP contribution in [-0.4, -0.2) is 41.0 Å². The molecule has 0 spiro atoms. The Balaban J connectivity index is 1.56. The van der Waals surface area contributed by atoms with Gasteiger partial charge in [-0.2, -0.15) is 10.2 Å². The minimum atomic E-state index is -0.114. The van der Waals surface area contributed by atoms with Crippen molar-refractivity contribution in [2.45, 2.75) is 33.1 Å². The molecule has 2 aromatic heterocycles. The molecule has 1 amide bonds. The Morgan fingerprint density at radius 3 is 2.90 bits per heavy atom. The van der Waals surface area contributed by atoms with Gasteiger partial charge in [-0.3, -0.25) is 9.78 Å². The fraction of sp³-hybridized carbons (Fsp3) is 0.292. The molecule has 3 aromatic rings. The molecule has 0 aliphatic carbocycles. The highest BCUT2D eigenvalue weighted by Crippen LogP contribution is 2.31. The molecule has 0 saturated carbocycles. The summed E-state index contributed by atoms with van der Waals surface area (Å²) in [5.74, 6) is 0.641. The first-order valence-electron chi connectivity index (χ1n) is 10.5. The Morgan fingerprint density at radius 2 is 2.13 bits per heavy atom. The molecule has 1 aliphatic rings. The van der Waals surface area contributed by atoms with Crippen molar-refractivity contribution in [2.24, 2.45) is 10.2 Å². The lowest BCUT2D eigenvalue weighted by molar-refractivity contribution is 0.0953. The maximum atomic E-state index is 12.7. The van der Waals surface area contributed by atoms with Gasteiger partial charge in [0.2, 0.25) is 0 Å². The van der Waals surface area contributed by atoms with Crippen LogP contribution in [-0.2, 0) is 0 Å². The van der Waals surface area contributed by atoms with Crippen molar-refractivity contribution in [3.05, 3.63) is 53.9 Å². The minimum Gasteiger partial charge on any atom is -0.493 e. The van der Waals surface area contributed by atoms with Crippen LogP contribution in [0, 0.1) is 6.92 Å². The van der Waals surface area contributed by atoms with E-state index >= 15 is 0 Å². The summed E-state index contributed by atoms with van der Waals surface area (Å²) < 4.78 is 5.87. The molecule has 7 heteroatoms. The summed E-state index contributed by atoms with van der Waals surface area (Å²) >= 11 is 0. The number of amides is 1. The number of aryl methyl sites for hydroxylation is 1. The van der Waals surface area contributed by atoms with E-state index in [1.807, 2.05) is 50.4 Å². The molecular formula is C24H25N5O2. The molecule has 158 valence electrons. The molecule has 31 heavy (non-hydrogen) atoms. The predicted octanol–water partition coefficient (Wildman–Crippen LogP) is 4.34. The second kappa shape index (κ2) is 9.47. The molecule has 0 fully saturated rings. The van der Waals surface area contributed by atoms with Crippen LogP contribution in [0.5, 0.6) is 5.75 Å². The van der Waals surface area contributed by atoms with Gasteiger partial charge in [0.1, 0.15) is 5.75 Å². The highest BCUT2D eigenvalue weighted by molar-refractivity contribution is 6.00. The normalized spacial score (nSPS) is 12.8. The summed E-state index contributed by atoms with van der Waals surface area (Å²) in [6, 6.07) is 9.42. The summed E-state index contributed by atoms with van der Waals surface area (Å²) in [5.41, 5.74) is 5.18. The highest BCUT2D eigenvalue weighted by Gasteiger charge is 2.13. The zero-order valence-electron chi connectivity index (χ0n) is 17.8. The third kappa shape index (κ3) is 4.77. The Bertz CT molecular complexity index is 1170. The smallest absolute Gasteiger partial charge is 0.251 e. The Kier molecular flexibility index (Phi) is 6.31. The molecule has 0 radical (unpaired) electrons. The first-order chi connectivity index (χ1) is 15.2. The number of ether oxygens (including phenoxy) is 1. The van der Waals surface area contributed by atoms with Gasteiger partial charge in [0.05, 0.1) is 17.8 Å². The SMILES string of the molecule is CCOc1cc(-c2ccncc2C)nc2cc(C(=O)NCCCC3=NN=CC3)ccc12. The third-order valence-corrected chi connectivity index (χ3v) is 5.17. The standard InChI is InChI=1S/C24H25N5O2/c1-3-31-23-14-22(19-9-11-25-15-16(19)2)28-21-13-17(6-7-20(21)23)24(30)26-10-4-5-18-8-12-27-29-18/h6-7,9,11-15H,3-5,8,10H2,1-2H3,(H,26,30). The fourth-order valence-corrected chi connectivity index (χ4v) is 3.57. The molecule has 4 rings (SSSR count). The van der Waals surface area contributed by atoms with Crippen molar-refractivity contribution >= 4 is 28.7 Å². The zero-order chi connectivity index (χ0) is 21.6. The molecule has 0 unspecified atom stereocenters. The average molecular weight is 415 g/mol. The molecule has 0 saturated heterocycles. The van der Waals surface area contributed by atoms with Crippen molar-refractivity contribution in [3.63, 3.8) is 0 Å². The van der Waals surface area contributed by atoms with Gasteiger partial charge in [0.25, 0.3) is 5.91 Å². The number of rotatable bonds is 8. The summed E-state index contributed by atoms with van der Waals surface area (Å²) in [6.07, 6.45) is 7.85. The van der Waals surface area contributed by atoms with E-state index in [0.29, 0.717) is 18.7 Å². The molecule has 0 bridgehead atoms. The van der Waals surface area contributed by atoms with E-state index in [4.69, 9.17) is 9.72 Å². The van der Waals surface area contributed by atoms with Crippen molar-refractivity contribution < 1.29 is 9.53 Å². The Labute approximate surface area is 181 Å². The first-order valence-corrected chi connectivity index (χ1v) is 10.5. The molecule has 1 aliphatic heterocycles. The van der Waals surface area contributed by atoms with Crippen LogP contribution in [0.3, 0.4) is 0 Å². The number of nitrogens with one attached hydrogen (secondary N) is 1. The van der Waals surface area contributed by atoms with Crippen LogP contribution in [0.25, 0.3) is 22.2 Å². The van der Waals surface area contributed by atoms with Crippen molar-refractivity contribution in [1.29, 1.82) is 0 Å². The van der Waals surface area contributed by atoms with Gasteiger partial charge in [0.15, 0.2) is 0 Å². The van der Waals surface area contributed by atoms with E-state index in [-0.39, 0.29) is 5.91 Å². The van der Waals surface area contributed by atoms with E-state index in [9.17, 15) is 4.79 Å². The monoisotopic (exact) mass is 415 g/mol. The summed E-state index contributed by atoms with van der Waals surface area (Å²) in [5, 5.41) is 11.8. The van der Waals surface area contributed by atoms with Crippen LogP contribution < -0.4 is 10.1 Å². The lowest BCUT2D eigenvalue weighted by Crippen LogP contribution is -2.24. The first kappa shape index (κ1) is 20.7. The molecule has 1 N–H and O–H groups in total. The van der Waals surface area contributed by atoms with E-state index in [1.165, 1.54) is 0 Å². The number of hydrogen-bond acceptors (Lipinski definition) is 6. The molecule has 1 aromatic carbocycles. The maximum absolute atomic E-state index is 12.7. The predicted molar refractivity (Wildman–Crippen MR) is 123 cm³/mol. The van der Waals surface area contributed by atoms with Gasteiger partial charge < -0.3 is 10.1 Å². The van der Waals surface area contributed by atoms with Crippen LogP contribution >= 0.6 is 0 Å². The second-order valence-corrected chi connectivity index (χ2v) is 7.39. The Hall–Kier alpha value is -3.61. The van der Waals surface area contributed by atoms with Gasteiger partial charge in [0, 0.05) is 59.9 Å². The van der Waals surface area contributed by atoms with Crippen LogP contribution in [0.4, 0.5) is 0 Å². The van der Waals surface area contributed by atoms with Crippen LogP contribution in [0.2, 0.25) is 0 Å². The lowest BCUT2D eigenvalue weighted by Gasteiger charge is -2.12. The Morgan fingerprint density at radius 1 is 1.23 bits per heavy atom. The quantitative estimate of drug-likeness (QED) is 0.554. The molecule has 3 heterocycles. The number of carbonyl (C=O) groups is 1. The molecule has 7 nitrogen and oxygen atoms in total. The maximum Gasteiger partial charge on any atom is 0.251 e. The molecule has 0 atom stereocenters. The van der Waals surface area contributed by atoms with Gasteiger partial charge >= 0.3 is 0 Å². The van der Waals surface area contributed by atoms with E-state index < -0.39 is 0 Å². The fourth-order valence-electron chi connectivity index (χ4n) is 3.57. The number of pyridine rings is 2. The number of nitrogens with zero attached hydrogens (tertiary/aromatic N) is 4. The van der Waals surface area contributed by atoms with Gasteiger partial charge in [-0.05, 0) is 56.5 Å². The van der Waals surface area contributed by atoms with Gasteiger partial charge in [-0.15, -0.1) is 0 Å². The van der Waals surface area contributed by atoms with Crippen molar-refractivity contribution in [1.82, 2.24) is 15.3 Å². The molecular weight excluding hydrogens is 390 g/mol. The third-order valence-electron chi connectivity index (χ3n) is 5.17. The number of fused-ring (bicyclic) bond motifs is 1. The summed E-state index contributed by atoms with van der Waals surface area (Å²) in [7, 11) is 0. The van der Waals surface area contributed by atoms with Crippen LogP contribution in [0.15, 0.2) is 52.9 Å². The number of aromatic nitrogens is 2. The highest BCUT2D eigenvalue weighted by atomic mass is 16.5. The minimum absolute atomic E-state index is 0.114. The largest absolute Gasteiger partial charge is 0.493 e. The lowest BCUT2D eigenvalue weighted by atomic mass is 10.0. The second-order valence-electron chi connectivity index (χ2n) is 7.39. The van der Waals surface area contributed by atoms with Crippen LogP contribution in [0.1, 0.15) is 42.1 Å². The van der Waals surface area contributed by atoms with E-state index in [1.54, 1.807) is 12.4 Å². The topological polar surface area (TPSA) is 88.8 Å². The summed E-state index contributed by atoms with van der Waals surface area (Å²) in [4.78, 5) is 21.7. The van der Waals surface area contributed by atoms with Gasteiger partial charge in [-0.1, -0.05) is 0 Å². The van der Waals surface area contributed by atoms with E-state index in [2.05, 4.69) is 20.5 Å². The van der Waals surface area contributed by atoms with Gasteiger partial charge in [-0.25, -0.2) is 4.98 Å². The summed E-state index contributed by atoms with van der Waals surface area (Å²) in [6.45, 7) is 5.09. The number of carbonyl (C=O) groups excluding carboxylic acids is 1.